The molecule has 4 heteroatoms. The molecule has 0 saturated heterocycles. The SMILES string of the molecule is CCc1ccc([B-](F)(F)F)c(C)c1. The van der Waals surface area contributed by atoms with Crippen molar-refractivity contribution in [2.45, 2.75) is 20.3 Å². The van der Waals surface area contributed by atoms with E-state index in [2.05, 4.69) is 0 Å². The van der Waals surface area contributed by atoms with Gasteiger partial charge in [0.15, 0.2) is 0 Å². The third kappa shape index (κ3) is 2.26. The van der Waals surface area contributed by atoms with Crippen LogP contribution < -0.4 is 5.46 Å². The van der Waals surface area contributed by atoms with Gasteiger partial charge in [0.1, 0.15) is 0 Å². The molecule has 0 aromatic heterocycles. The summed E-state index contributed by atoms with van der Waals surface area (Å²) in [5.41, 5.74) is 0.797. The quantitative estimate of drug-likeness (QED) is 0.624. The third-order valence-corrected chi connectivity index (χ3v) is 2.10. The van der Waals surface area contributed by atoms with E-state index in [0.29, 0.717) is 5.56 Å². The zero-order valence-corrected chi connectivity index (χ0v) is 7.65. The molecule has 0 atom stereocenters. The van der Waals surface area contributed by atoms with E-state index < -0.39 is 12.4 Å². The Morgan fingerprint density at radius 2 is 1.85 bits per heavy atom. The van der Waals surface area contributed by atoms with Gasteiger partial charge in [-0.15, -0.1) is 5.46 Å². The summed E-state index contributed by atoms with van der Waals surface area (Å²) in [4.78, 5) is 0. The van der Waals surface area contributed by atoms with Crippen LogP contribution in [0.4, 0.5) is 12.9 Å². The average Bonchev–Trinajstić information content (AvgIpc) is 2.01. The molecule has 0 heterocycles. The monoisotopic (exact) mass is 187 g/mol. The molecule has 1 aromatic carbocycles. The lowest BCUT2D eigenvalue weighted by Gasteiger charge is -2.18. The third-order valence-electron chi connectivity index (χ3n) is 2.10. The largest absolute Gasteiger partial charge is 0.509 e. The predicted octanol–water partition coefficient (Wildman–Crippen LogP) is 2.61. The van der Waals surface area contributed by atoms with Crippen LogP contribution in [0, 0.1) is 6.92 Å². The number of hydrogen-bond donors (Lipinski definition) is 0. The zero-order valence-electron chi connectivity index (χ0n) is 7.65. The summed E-state index contributed by atoms with van der Waals surface area (Å²) in [6.07, 6.45) is 0.770. The molecule has 0 aliphatic rings. The number of benzene rings is 1. The number of rotatable bonds is 2. The summed E-state index contributed by atoms with van der Waals surface area (Å²) in [5.74, 6) is 0. The first-order chi connectivity index (χ1) is 5.95. The minimum Gasteiger partial charge on any atom is -0.445 e. The summed E-state index contributed by atoms with van der Waals surface area (Å²) < 4.78 is 37.0. The molecule has 0 amide bonds. The first-order valence-corrected chi connectivity index (χ1v) is 4.24. The maximum absolute atomic E-state index is 12.3. The van der Waals surface area contributed by atoms with Crippen molar-refractivity contribution in [2.75, 3.05) is 0 Å². The van der Waals surface area contributed by atoms with Gasteiger partial charge in [-0.3, -0.25) is 0 Å². The zero-order chi connectivity index (χ0) is 10.1. The lowest BCUT2D eigenvalue weighted by Crippen LogP contribution is -2.36. The topological polar surface area (TPSA) is 0 Å². The molecule has 0 fully saturated rings. The fraction of sp³-hybridized carbons (Fsp3) is 0.333. The van der Waals surface area contributed by atoms with Crippen molar-refractivity contribution in [1.29, 1.82) is 0 Å². The molecule has 0 saturated carbocycles. The Hall–Kier alpha value is -0.925. The van der Waals surface area contributed by atoms with Crippen LogP contribution in [0.1, 0.15) is 18.1 Å². The lowest BCUT2D eigenvalue weighted by atomic mass is 9.76. The molecular weight excluding hydrogens is 176 g/mol. The Bertz CT molecular complexity index is 304. The molecule has 0 aliphatic heterocycles. The fourth-order valence-corrected chi connectivity index (χ4v) is 1.32. The van der Waals surface area contributed by atoms with E-state index in [0.717, 1.165) is 12.0 Å². The van der Waals surface area contributed by atoms with Gasteiger partial charge in [0.25, 0.3) is 0 Å². The molecule has 0 aliphatic carbocycles. The van der Waals surface area contributed by atoms with Crippen molar-refractivity contribution in [3.05, 3.63) is 29.3 Å². The maximum Gasteiger partial charge on any atom is 0.509 e. The summed E-state index contributed by atoms with van der Waals surface area (Å²) >= 11 is 0. The van der Waals surface area contributed by atoms with Gasteiger partial charge in [-0.05, 0) is 18.9 Å². The molecule has 0 spiro atoms. The van der Waals surface area contributed by atoms with Crippen LogP contribution in [-0.4, -0.2) is 6.98 Å². The maximum atomic E-state index is 12.3. The van der Waals surface area contributed by atoms with Crippen molar-refractivity contribution in [2.24, 2.45) is 0 Å². The van der Waals surface area contributed by atoms with Crippen molar-refractivity contribution in [3.8, 4) is 0 Å². The van der Waals surface area contributed by atoms with Crippen LogP contribution in [0.2, 0.25) is 0 Å². The van der Waals surface area contributed by atoms with E-state index in [1.807, 2.05) is 6.92 Å². The highest BCUT2D eigenvalue weighted by Crippen LogP contribution is 2.13. The highest BCUT2D eigenvalue weighted by Gasteiger charge is 2.26. The van der Waals surface area contributed by atoms with Crippen molar-refractivity contribution in [3.63, 3.8) is 0 Å². The number of halogens is 3. The number of aryl methyl sites for hydroxylation is 2. The minimum absolute atomic E-state index is 0.326. The van der Waals surface area contributed by atoms with Crippen LogP contribution in [-0.2, 0) is 6.42 Å². The van der Waals surface area contributed by atoms with Gasteiger partial charge >= 0.3 is 6.98 Å². The summed E-state index contributed by atoms with van der Waals surface area (Å²) in [6.45, 7) is -1.42. The van der Waals surface area contributed by atoms with E-state index in [1.165, 1.54) is 19.1 Å². The molecule has 72 valence electrons. The van der Waals surface area contributed by atoms with Crippen LogP contribution >= 0.6 is 0 Å². The first-order valence-electron chi connectivity index (χ1n) is 4.24. The Morgan fingerprint density at radius 1 is 1.23 bits per heavy atom. The van der Waals surface area contributed by atoms with Crippen molar-refractivity contribution < 1.29 is 12.9 Å². The van der Waals surface area contributed by atoms with E-state index in [-0.39, 0.29) is 0 Å². The Kier molecular flexibility index (Phi) is 2.69. The highest BCUT2D eigenvalue weighted by atomic mass is 19.4. The molecule has 1 aromatic rings. The van der Waals surface area contributed by atoms with Crippen LogP contribution in [0.25, 0.3) is 0 Å². The van der Waals surface area contributed by atoms with Gasteiger partial charge in [0, 0.05) is 0 Å². The standard InChI is InChI=1S/C9H11BF3/c1-3-8-4-5-9(7(2)6-8)10(11,12)13/h4-6H,3H2,1-2H3/q-1. The van der Waals surface area contributed by atoms with Gasteiger partial charge in [0.2, 0.25) is 0 Å². The van der Waals surface area contributed by atoms with Gasteiger partial charge in [-0.1, -0.05) is 30.7 Å². The van der Waals surface area contributed by atoms with E-state index >= 15 is 0 Å². The van der Waals surface area contributed by atoms with E-state index in [9.17, 15) is 12.9 Å². The predicted molar refractivity (Wildman–Crippen MR) is 49.3 cm³/mol. The first kappa shape index (κ1) is 10.2. The van der Waals surface area contributed by atoms with Gasteiger partial charge in [-0.2, -0.15) is 0 Å². The molecule has 0 nitrogen and oxygen atoms in total. The van der Waals surface area contributed by atoms with Crippen molar-refractivity contribution >= 4 is 12.4 Å². The lowest BCUT2D eigenvalue weighted by molar-refractivity contribution is 0.500. The summed E-state index contributed by atoms with van der Waals surface area (Å²) in [7, 11) is 0. The average molecular weight is 187 g/mol. The molecule has 1 rings (SSSR count). The molecule has 0 N–H and O–H groups in total. The van der Waals surface area contributed by atoms with Crippen molar-refractivity contribution in [1.82, 2.24) is 0 Å². The smallest absolute Gasteiger partial charge is 0.445 e. The molecule has 0 unspecified atom stereocenters. The summed E-state index contributed by atoms with van der Waals surface area (Å²) in [5, 5.41) is 0. The van der Waals surface area contributed by atoms with Crippen LogP contribution in [0.3, 0.4) is 0 Å². The van der Waals surface area contributed by atoms with Gasteiger partial charge in [0.05, 0.1) is 0 Å². The number of hydrogen-bond acceptors (Lipinski definition) is 0. The fourth-order valence-electron chi connectivity index (χ4n) is 1.32. The highest BCUT2D eigenvalue weighted by molar-refractivity contribution is 6.74. The van der Waals surface area contributed by atoms with E-state index in [4.69, 9.17) is 0 Å². The van der Waals surface area contributed by atoms with E-state index in [1.54, 1.807) is 6.07 Å². The molecule has 13 heavy (non-hydrogen) atoms. The molecule has 0 bridgehead atoms. The van der Waals surface area contributed by atoms with Gasteiger partial charge in [-0.25, -0.2) is 0 Å². The molecule has 0 radical (unpaired) electrons. The summed E-state index contributed by atoms with van der Waals surface area (Å²) in [6, 6.07) is 4.32. The Morgan fingerprint density at radius 3 is 2.23 bits per heavy atom. The molecular formula is C9H11BF3-. The normalized spacial score (nSPS) is 11.8. The van der Waals surface area contributed by atoms with Crippen LogP contribution in [0.5, 0.6) is 0 Å². The van der Waals surface area contributed by atoms with Gasteiger partial charge < -0.3 is 12.9 Å². The second kappa shape index (κ2) is 3.44. The van der Waals surface area contributed by atoms with Crippen LogP contribution in [0.15, 0.2) is 18.2 Å². The minimum atomic E-state index is -4.85. The Labute approximate surface area is 75.8 Å². The second-order valence-corrected chi connectivity index (χ2v) is 3.12. The Balaban J connectivity index is 3.13. The second-order valence-electron chi connectivity index (χ2n) is 3.12.